The molecule has 0 N–H and O–H groups in total. The van der Waals surface area contributed by atoms with Gasteiger partial charge >= 0.3 is 0 Å². The molecule has 0 aliphatic carbocycles. The molecule has 0 spiro atoms. The van der Waals surface area contributed by atoms with Gasteiger partial charge in [0.2, 0.25) is 0 Å². The van der Waals surface area contributed by atoms with Crippen molar-refractivity contribution in [3.8, 4) is 11.5 Å². The van der Waals surface area contributed by atoms with E-state index < -0.39 is 0 Å². The summed E-state index contributed by atoms with van der Waals surface area (Å²) in [5, 5.41) is 0. The first-order valence-electron chi connectivity index (χ1n) is 6.72. The van der Waals surface area contributed by atoms with Gasteiger partial charge in [0.25, 0.3) is 0 Å². The van der Waals surface area contributed by atoms with Gasteiger partial charge in [-0.25, -0.2) is 0 Å². The quantitative estimate of drug-likeness (QED) is 0.714. The van der Waals surface area contributed by atoms with Crippen molar-refractivity contribution >= 4 is 21.7 Å². The van der Waals surface area contributed by atoms with E-state index in [4.69, 9.17) is 9.47 Å². The molecular weight excluding hydrogens is 332 g/mol. The zero-order valence-electron chi connectivity index (χ0n) is 12.1. The molecule has 0 bridgehead atoms. The highest BCUT2D eigenvalue weighted by atomic mass is 79.9. The molecule has 0 aromatic heterocycles. The van der Waals surface area contributed by atoms with E-state index in [1.165, 1.54) is 0 Å². The minimum Gasteiger partial charge on any atom is -0.496 e. The first-order valence-corrected chi connectivity index (χ1v) is 7.51. The SMILES string of the molecule is CCC(=O)c1ccc(OCc2ccc(OC)c(Br)c2)cc1. The molecule has 0 radical (unpaired) electrons. The Morgan fingerprint density at radius 2 is 1.86 bits per heavy atom. The van der Waals surface area contributed by atoms with E-state index in [-0.39, 0.29) is 5.78 Å². The largest absolute Gasteiger partial charge is 0.496 e. The van der Waals surface area contributed by atoms with E-state index in [1.807, 2.05) is 37.3 Å². The maximum absolute atomic E-state index is 11.5. The summed E-state index contributed by atoms with van der Waals surface area (Å²) < 4.78 is 11.8. The van der Waals surface area contributed by atoms with Crippen molar-refractivity contribution in [2.75, 3.05) is 7.11 Å². The van der Waals surface area contributed by atoms with E-state index in [0.29, 0.717) is 13.0 Å². The number of carbonyl (C=O) groups is 1. The number of ketones is 1. The van der Waals surface area contributed by atoms with Crippen LogP contribution < -0.4 is 9.47 Å². The van der Waals surface area contributed by atoms with E-state index in [0.717, 1.165) is 27.1 Å². The number of hydrogen-bond donors (Lipinski definition) is 0. The fourth-order valence-electron chi connectivity index (χ4n) is 1.91. The monoisotopic (exact) mass is 348 g/mol. The van der Waals surface area contributed by atoms with Crippen LogP contribution in [-0.4, -0.2) is 12.9 Å². The molecule has 0 aliphatic rings. The number of rotatable bonds is 6. The maximum Gasteiger partial charge on any atom is 0.162 e. The van der Waals surface area contributed by atoms with Crippen LogP contribution in [0.1, 0.15) is 29.3 Å². The Morgan fingerprint density at radius 3 is 2.43 bits per heavy atom. The molecule has 0 saturated carbocycles. The Morgan fingerprint density at radius 1 is 1.14 bits per heavy atom. The van der Waals surface area contributed by atoms with Gasteiger partial charge in [0.15, 0.2) is 5.78 Å². The Labute approximate surface area is 133 Å². The summed E-state index contributed by atoms with van der Waals surface area (Å²) in [5.41, 5.74) is 1.76. The van der Waals surface area contributed by atoms with Crippen LogP contribution in [0, 0.1) is 0 Å². The molecule has 2 aromatic carbocycles. The van der Waals surface area contributed by atoms with Gasteiger partial charge in [-0.1, -0.05) is 13.0 Å². The Kier molecular flexibility index (Phi) is 5.39. The van der Waals surface area contributed by atoms with Gasteiger partial charge < -0.3 is 9.47 Å². The molecule has 2 rings (SSSR count). The summed E-state index contributed by atoms with van der Waals surface area (Å²) in [7, 11) is 1.63. The average Bonchev–Trinajstić information content (AvgIpc) is 2.52. The van der Waals surface area contributed by atoms with E-state index in [2.05, 4.69) is 15.9 Å². The number of carbonyl (C=O) groups excluding carboxylic acids is 1. The standard InChI is InChI=1S/C17H17BrO3/c1-3-16(19)13-5-7-14(8-6-13)21-11-12-4-9-17(20-2)15(18)10-12/h4-10H,3,11H2,1-2H3. The van der Waals surface area contributed by atoms with Crippen LogP contribution in [0.15, 0.2) is 46.9 Å². The summed E-state index contributed by atoms with van der Waals surface area (Å²) in [5.74, 6) is 1.68. The highest BCUT2D eigenvalue weighted by Gasteiger charge is 2.04. The van der Waals surface area contributed by atoms with Crippen LogP contribution in [0.3, 0.4) is 0 Å². The van der Waals surface area contributed by atoms with E-state index in [9.17, 15) is 4.79 Å². The van der Waals surface area contributed by atoms with Gasteiger partial charge in [-0.15, -0.1) is 0 Å². The summed E-state index contributed by atoms with van der Waals surface area (Å²) in [4.78, 5) is 11.5. The Hall–Kier alpha value is -1.81. The van der Waals surface area contributed by atoms with Crippen molar-refractivity contribution in [2.45, 2.75) is 20.0 Å². The second-order valence-corrected chi connectivity index (χ2v) is 5.41. The smallest absolute Gasteiger partial charge is 0.162 e. The van der Waals surface area contributed by atoms with Crippen LogP contribution in [0.5, 0.6) is 11.5 Å². The van der Waals surface area contributed by atoms with Crippen molar-refractivity contribution in [2.24, 2.45) is 0 Å². The zero-order valence-corrected chi connectivity index (χ0v) is 13.6. The number of Topliss-reactive ketones (excluding diaryl/α,β-unsaturated/α-hetero) is 1. The Bertz CT molecular complexity index is 620. The molecule has 0 heterocycles. The molecule has 0 saturated heterocycles. The van der Waals surface area contributed by atoms with E-state index in [1.54, 1.807) is 19.2 Å². The lowest BCUT2D eigenvalue weighted by molar-refractivity contribution is 0.0988. The fourth-order valence-corrected chi connectivity index (χ4v) is 2.50. The van der Waals surface area contributed by atoms with Crippen LogP contribution in [0.4, 0.5) is 0 Å². The topological polar surface area (TPSA) is 35.5 Å². The van der Waals surface area contributed by atoms with Gasteiger partial charge in [0, 0.05) is 12.0 Å². The maximum atomic E-state index is 11.5. The second kappa shape index (κ2) is 7.27. The molecule has 0 amide bonds. The third-order valence-corrected chi connectivity index (χ3v) is 3.74. The van der Waals surface area contributed by atoms with Crippen LogP contribution in [0.25, 0.3) is 0 Å². The van der Waals surface area contributed by atoms with Gasteiger partial charge in [-0.2, -0.15) is 0 Å². The first-order chi connectivity index (χ1) is 10.1. The van der Waals surface area contributed by atoms with E-state index >= 15 is 0 Å². The minimum atomic E-state index is 0.139. The molecule has 0 fully saturated rings. The Balaban J connectivity index is 1.99. The third kappa shape index (κ3) is 4.08. The van der Waals surface area contributed by atoms with Crippen LogP contribution >= 0.6 is 15.9 Å². The minimum absolute atomic E-state index is 0.139. The molecule has 110 valence electrons. The first kappa shape index (κ1) is 15.6. The summed E-state index contributed by atoms with van der Waals surface area (Å²) in [6.45, 7) is 2.32. The molecule has 4 heteroatoms. The highest BCUT2D eigenvalue weighted by molar-refractivity contribution is 9.10. The lowest BCUT2D eigenvalue weighted by atomic mass is 10.1. The lowest BCUT2D eigenvalue weighted by Crippen LogP contribution is -1.98. The number of methoxy groups -OCH3 is 1. The van der Waals surface area contributed by atoms with Crippen LogP contribution in [-0.2, 0) is 6.61 Å². The number of halogens is 1. The molecule has 0 atom stereocenters. The predicted octanol–water partition coefficient (Wildman–Crippen LogP) is 4.63. The summed E-state index contributed by atoms with van der Waals surface area (Å²) in [6.07, 6.45) is 0.514. The summed E-state index contributed by atoms with van der Waals surface area (Å²) in [6, 6.07) is 13.1. The number of benzene rings is 2. The molecule has 0 aliphatic heterocycles. The second-order valence-electron chi connectivity index (χ2n) is 4.56. The number of hydrogen-bond acceptors (Lipinski definition) is 3. The summed E-state index contributed by atoms with van der Waals surface area (Å²) >= 11 is 3.45. The van der Waals surface area contributed by atoms with Crippen molar-refractivity contribution in [3.63, 3.8) is 0 Å². The normalized spacial score (nSPS) is 10.2. The number of ether oxygens (including phenoxy) is 2. The van der Waals surface area contributed by atoms with Gasteiger partial charge in [-0.05, 0) is 57.9 Å². The molecule has 21 heavy (non-hydrogen) atoms. The lowest BCUT2D eigenvalue weighted by Gasteiger charge is -2.09. The highest BCUT2D eigenvalue weighted by Crippen LogP contribution is 2.26. The average molecular weight is 349 g/mol. The molecule has 0 unspecified atom stereocenters. The van der Waals surface area contributed by atoms with Crippen LogP contribution in [0.2, 0.25) is 0 Å². The van der Waals surface area contributed by atoms with Crippen molar-refractivity contribution < 1.29 is 14.3 Å². The zero-order chi connectivity index (χ0) is 15.2. The third-order valence-electron chi connectivity index (χ3n) is 3.12. The predicted molar refractivity (Wildman–Crippen MR) is 86.1 cm³/mol. The molecule has 2 aromatic rings. The van der Waals surface area contributed by atoms with Crippen molar-refractivity contribution in [3.05, 3.63) is 58.1 Å². The molecular formula is C17H17BrO3. The van der Waals surface area contributed by atoms with Crippen molar-refractivity contribution in [1.82, 2.24) is 0 Å². The molecule has 3 nitrogen and oxygen atoms in total. The fraction of sp³-hybridized carbons (Fsp3) is 0.235. The van der Waals surface area contributed by atoms with Gasteiger partial charge in [-0.3, -0.25) is 4.79 Å². The van der Waals surface area contributed by atoms with Gasteiger partial charge in [0.1, 0.15) is 18.1 Å². The van der Waals surface area contributed by atoms with Gasteiger partial charge in [0.05, 0.1) is 11.6 Å². The van der Waals surface area contributed by atoms with Crippen molar-refractivity contribution in [1.29, 1.82) is 0 Å².